The standard InChI is InChI=1S/C13H14N2/c1-13(5-6-13)9-10-2-3-11-4-7-14-15-12(11)8-10/h2-4,7-8H,5-6,9H2,1H3. The molecule has 1 heterocycles. The molecule has 76 valence electrons. The highest BCUT2D eigenvalue weighted by atomic mass is 15.1. The summed E-state index contributed by atoms with van der Waals surface area (Å²) >= 11 is 0. The van der Waals surface area contributed by atoms with E-state index in [9.17, 15) is 0 Å². The van der Waals surface area contributed by atoms with Crippen molar-refractivity contribution < 1.29 is 0 Å². The van der Waals surface area contributed by atoms with E-state index in [4.69, 9.17) is 0 Å². The summed E-state index contributed by atoms with van der Waals surface area (Å²) in [7, 11) is 0. The minimum absolute atomic E-state index is 0.565. The monoisotopic (exact) mass is 198 g/mol. The molecule has 1 aliphatic rings. The quantitative estimate of drug-likeness (QED) is 0.741. The van der Waals surface area contributed by atoms with E-state index in [1.54, 1.807) is 6.20 Å². The molecule has 15 heavy (non-hydrogen) atoms. The Morgan fingerprint density at radius 3 is 2.93 bits per heavy atom. The van der Waals surface area contributed by atoms with Crippen LogP contribution in [-0.2, 0) is 6.42 Å². The van der Waals surface area contributed by atoms with Crippen LogP contribution in [0.5, 0.6) is 0 Å². The van der Waals surface area contributed by atoms with Gasteiger partial charge in [-0.3, -0.25) is 0 Å². The lowest BCUT2D eigenvalue weighted by atomic mass is 9.98. The number of rotatable bonds is 2. The van der Waals surface area contributed by atoms with Crippen LogP contribution < -0.4 is 0 Å². The molecule has 0 amide bonds. The first-order valence-electron chi connectivity index (χ1n) is 5.46. The molecule has 0 aliphatic heterocycles. The fraction of sp³-hybridized carbons (Fsp3) is 0.385. The summed E-state index contributed by atoms with van der Waals surface area (Å²) < 4.78 is 0. The number of fused-ring (bicyclic) bond motifs is 1. The normalized spacial score (nSPS) is 17.9. The van der Waals surface area contributed by atoms with Gasteiger partial charge in [0.1, 0.15) is 0 Å². The van der Waals surface area contributed by atoms with Crippen molar-refractivity contribution in [2.24, 2.45) is 5.41 Å². The summed E-state index contributed by atoms with van der Waals surface area (Å²) in [6.07, 6.45) is 5.65. The molecule has 0 N–H and O–H groups in total. The fourth-order valence-corrected chi connectivity index (χ4v) is 2.02. The molecule has 1 aromatic heterocycles. The first-order chi connectivity index (χ1) is 7.25. The molecule has 0 unspecified atom stereocenters. The fourth-order valence-electron chi connectivity index (χ4n) is 2.02. The second-order valence-corrected chi connectivity index (χ2v) is 4.91. The van der Waals surface area contributed by atoms with Gasteiger partial charge in [0.15, 0.2) is 0 Å². The largest absolute Gasteiger partial charge is 0.159 e. The van der Waals surface area contributed by atoms with Gasteiger partial charge in [0.25, 0.3) is 0 Å². The number of aromatic nitrogens is 2. The van der Waals surface area contributed by atoms with Gasteiger partial charge >= 0.3 is 0 Å². The van der Waals surface area contributed by atoms with Crippen LogP contribution in [0.4, 0.5) is 0 Å². The van der Waals surface area contributed by atoms with Gasteiger partial charge in [-0.1, -0.05) is 19.1 Å². The molecule has 1 fully saturated rings. The number of benzene rings is 1. The second kappa shape index (κ2) is 3.02. The summed E-state index contributed by atoms with van der Waals surface area (Å²) in [5.74, 6) is 0. The summed E-state index contributed by atoms with van der Waals surface area (Å²) in [4.78, 5) is 0. The topological polar surface area (TPSA) is 25.8 Å². The molecular weight excluding hydrogens is 184 g/mol. The number of hydrogen-bond acceptors (Lipinski definition) is 2. The first kappa shape index (κ1) is 8.84. The lowest BCUT2D eigenvalue weighted by Crippen LogP contribution is -1.98. The first-order valence-corrected chi connectivity index (χ1v) is 5.46. The Morgan fingerprint density at radius 1 is 1.27 bits per heavy atom. The predicted molar refractivity (Wildman–Crippen MR) is 60.6 cm³/mol. The third-order valence-corrected chi connectivity index (χ3v) is 3.32. The van der Waals surface area contributed by atoms with E-state index < -0.39 is 0 Å². The van der Waals surface area contributed by atoms with Crippen LogP contribution in [0.15, 0.2) is 30.5 Å². The SMILES string of the molecule is CC1(Cc2ccc3ccnnc3c2)CC1. The molecule has 3 rings (SSSR count). The van der Waals surface area contributed by atoms with Crippen molar-refractivity contribution in [2.75, 3.05) is 0 Å². The minimum atomic E-state index is 0.565. The van der Waals surface area contributed by atoms with E-state index in [2.05, 4.69) is 35.3 Å². The zero-order valence-electron chi connectivity index (χ0n) is 8.90. The van der Waals surface area contributed by atoms with Gasteiger partial charge in [-0.05, 0) is 42.4 Å². The third kappa shape index (κ3) is 1.72. The number of hydrogen-bond donors (Lipinski definition) is 0. The molecule has 2 aromatic rings. The summed E-state index contributed by atoms with van der Waals surface area (Å²) in [5.41, 5.74) is 2.97. The van der Waals surface area contributed by atoms with E-state index in [-0.39, 0.29) is 0 Å². The molecule has 0 radical (unpaired) electrons. The van der Waals surface area contributed by atoms with Gasteiger partial charge in [-0.2, -0.15) is 10.2 Å². The maximum atomic E-state index is 4.14. The molecule has 0 saturated heterocycles. The van der Waals surface area contributed by atoms with Crippen molar-refractivity contribution in [1.82, 2.24) is 10.2 Å². The molecule has 1 saturated carbocycles. The van der Waals surface area contributed by atoms with Crippen LogP contribution in [0.3, 0.4) is 0 Å². The molecule has 0 atom stereocenters. The summed E-state index contributed by atoms with van der Waals surface area (Å²) in [6.45, 7) is 2.36. The van der Waals surface area contributed by atoms with Crippen LogP contribution in [0.1, 0.15) is 25.3 Å². The van der Waals surface area contributed by atoms with Gasteiger partial charge in [0.2, 0.25) is 0 Å². The van der Waals surface area contributed by atoms with Gasteiger partial charge < -0.3 is 0 Å². The van der Waals surface area contributed by atoms with E-state index in [1.165, 1.54) is 30.2 Å². The van der Waals surface area contributed by atoms with Crippen LogP contribution in [0, 0.1) is 5.41 Å². The van der Waals surface area contributed by atoms with Gasteiger partial charge in [-0.25, -0.2) is 0 Å². The summed E-state index contributed by atoms with van der Waals surface area (Å²) in [6, 6.07) is 8.54. The van der Waals surface area contributed by atoms with Crippen molar-refractivity contribution in [3.63, 3.8) is 0 Å². The molecule has 2 nitrogen and oxygen atoms in total. The Labute approximate surface area is 89.3 Å². The van der Waals surface area contributed by atoms with Crippen LogP contribution in [0.25, 0.3) is 10.9 Å². The van der Waals surface area contributed by atoms with E-state index in [0.29, 0.717) is 5.41 Å². The molecule has 0 bridgehead atoms. The van der Waals surface area contributed by atoms with Crippen molar-refractivity contribution >= 4 is 10.9 Å². The summed E-state index contributed by atoms with van der Waals surface area (Å²) in [5, 5.41) is 9.23. The van der Waals surface area contributed by atoms with Crippen molar-refractivity contribution in [1.29, 1.82) is 0 Å². The lowest BCUT2D eigenvalue weighted by molar-refractivity contribution is 0.570. The molecule has 2 heteroatoms. The zero-order valence-corrected chi connectivity index (χ0v) is 8.90. The lowest BCUT2D eigenvalue weighted by Gasteiger charge is -2.08. The maximum absolute atomic E-state index is 4.14. The Kier molecular flexibility index (Phi) is 1.78. The van der Waals surface area contributed by atoms with E-state index >= 15 is 0 Å². The molecule has 1 aliphatic carbocycles. The average molecular weight is 198 g/mol. The highest BCUT2D eigenvalue weighted by Gasteiger charge is 2.36. The third-order valence-electron chi connectivity index (χ3n) is 3.32. The van der Waals surface area contributed by atoms with E-state index in [1.807, 2.05) is 6.07 Å². The Hall–Kier alpha value is -1.44. The zero-order chi connectivity index (χ0) is 10.3. The van der Waals surface area contributed by atoms with Crippen molar-refractivity contribution in [2.45, 2.75) is 26.2 Å². The highest BCUT2D eigenvalue weighted by molar-refractivity contribution is 5.78. The Bertz CT molecular complexity index is 501. The molecular formula is C13H14N2. The van der Waals surface area contributed by atoms with E-state index in [0.717, 1.165) is 5.52 Å². The average Bonchev–Trinajstić information content (AvgIpc) is 2.96. The van der Waals surface area contributed by atoms with Gasteiger partial charge in [0.05, 0.1) is 11.7 Å². The minimum Gasteiger partial charge on any atom is -0.159 e. The van der Waals surface area contributed by atoms with Gasteiger partial charge in [-0.15, -0.1) is 0 Å². The van der Waals surface area contributed by atoms with Crippen molar-refractivity contribution in [3.05, 3.63) is 36.0 Å². The molecule has 1 aromatic carbocycles. The van der Waals surface area contributed by atoms with Crippen LogP contribution in [0.2, 0.25) is 0 Å². The Morgan fingerprint density at radius 2 is 2.13 bits per heavy atom. The highest BCUT2D eigenvalue weighted by Crippen LogP contribution is 2.47. The second-order valence-electron chi connectivity index (χ2n) is 4.91. The van der Waals surface area contributed by atoms with Crippen LogP contribution >= 0.6 is 0 Å². The molecule has 0 spiro atoms. The maximum Gasteiger partial charge on any atom is 0.0932 e. The smallest absolute Gasteiger partial charge is 0.0932 e. The van der Waals surface area contributed by atoms with Gasteiger partial charge in [0, 0.05) is 5.39 Å². The van der Waals surface area contributed by atoms with Crippen molar-refractivity contribution in [3.8, 4) is 0 Å². The Balaban J connectivity index is 1.99. The number of nitrogens with zero attached hydrogens (tertiary/aromatic N) is 2. The van der Waals surface area contributed by atoms with Crippen LogP contribution in [-0.4, -0.2) is 10.2 Å². The predicted octanol–water partition coefficient (Wildman–Crippen LogP) is 2.97.